The molecule has 2 aromatic rings. The maximum atomic E-state index is 12.2. The molecule has 1 atom stereocenters. The summed E-state index contributed by atoms with van der Waals surface area (Å²) in [5.74, 6) is 0.222. The molecular weight excluding hydrogens is 371 g/mol. The Hall–Kier alpha value is -2.51. The largest absolute Gasteiger partial charge is 0.495 e. The number of halogens is 2. The van der Waals surface area contributed by atoms with Crippen molar-refractivity contribution in [1.29, 1.82) is 0 Å². The van der Waals surface area contributed by atoms with E-state index in [2.05, 4.69) is 5.32 Å². The first kappa shape index (κ1) is 18.8. The zero-order valence-corrected chi connectivity index (χ0v) is 14.8. The zero-order valence-electron chi connectivity index (χ0n) is 13.3. The van der Waals surface area contributed by atoms with Gasteiger partial charge in [-0.15, -0.1) is 0 Å². The summed E-state index contributed by atoms with van der Waals surface area (Å²) in [5, 5.41) is 13.7. The Morgan fingerprint density at radius 1 is 1.16 bits per heavy atom. The third-order valence-corrected chi connectivity index (χ3v) is 3.81. The molecule has 0 saturated carbocycles. The van der Waals surface area contributed by atoms with Gasteiger partial charge < -0.3 is 14.8 Å². The summed E-state index contributed by atoms with van der Waals surface area (Å²) < 4.78 is 10.5. The number of hydrogen-bond donors (Lipinski definition) is 1. The summed E-state index contributed by atoms with van der Waals surface area (Å²) in [4.78, 5) is 22.3. The second kappa shape index (κ2) is 8.04. The van der Waals surface area contributed by atoms with E-state index in [1.165, 1.54) is 26.2 Å². The van der Waals surface area contributed by atoms with Crippen LogP contribution in [0.15, 0.2) is 36.4 Å². The predicted octanol–water partition coefficient (Wildman–Crippen LogP) is 4.32. The van der Waals surface area contributed by atoms with Gasteiger partial charge in [0.25, 0.3) is 11.6 Å². The van der Waals surface area contributed by atoms with E-state index < -0.39 is 16.9 Å². The Labute approximate surface area is 153 Å². The van der Waals surface area contributed by atoms with E-state index in [4.69, 9.17) is 32.7 Å². The Kier molecular flexibility index (Phi) is 6.06. The molecule has 0 spiro atoms. The van der Waals surface area contributed by atoms with Crippen LogP contribution in [0.5, 0.6) is 11.5 Å². The molecule has 1 amide bonds. The molecule has 25 heavy (non-hydrogen) atoms. The smallest absolute Gasteiger partial charge is 0.271 e. The number of amides is 1. The number of anilines is 1. The molecule has 2 rings (SSSR count). The summed E-state index contributed by atoms with van der Waals surface area (Å²) in [6, 6.07) is 8.54. The number of nitro benzene ring substituents is 1. The average molecular weight is 385 g/mol. The molecule has 0 bridgehead atoms. The van der Waals surface area contributed by atoms with Crippen molar-refractivity contribution in [2.24, 2.45) is 0 Å². The first-order valence-corrected chi connectivity index (χ1v) is 7.82. The van der Waals surface area contributed by atoms with Crippen LogP contribution < -0.4 is 14.8 Å². The van der Waals surface area contributed by atoms with E-state index in [0.717, 1.165) is 6.07 Å². The highest BCUT2D eigenvalue weighted by atomic mass is 35.5. The van der Waals surface area contributed by atoms with E-state index in [1.54, 1.807) is 18.2 Å². The van der Waals surface area contributed by atoms with Crippen LogP contribution in [0.1, 0.15) is 6.92 Å². The van der Waals surface area contributed by atoms with Gasteiger partial charge in [-0.3, -0.25) is 14.9 Å². The second-order valence-corrected chi connectivity index (χ2v) is 5.78. The summed E-state index contributed by atoms with van der Waals surface area (Å²) in [7, 11) is 1.49. The molecule has 0 aliphatic heterocycles. The van der Waals surface area contributed by atoms with E-state index in [-0.39, 0.29) is 16.5 Å². The second-order valence-electron chi connectivity index (χ2n) is 4.97. The number of methoxy groups -OCH3 is 1. The van der Waals surface area contributed by atoms with Gasteiger partial charge in [0.2, 0.25) is 0 Å². The number of nitrogens with one attached hydrogen (secondary N) is 1. The number of ether oxygens (including phenoxy) is 2. The molecule has 2 aromatic carbocycles. The maximum absolute atomic E-state index is 12.2. The Bertz CT molecular complexity index is 813. The fraction of sp³-hybridized carbons (Fsp3) is 0.188. The predicted molar refractivity (Wildman–Crippen MR) is 94.8 cm³/mol. The van der Waals surface area contributed by atoms with Gasteiger partial charge in [0.1, 0.15) is 11.5 Å². The van der Waals surface area contributed by atoms with Crippen molar-refractivity contribution < 1.29 is 19.2 Å². The summed E-state index contributed by atoms with van der Waals surface area (Å²) in [6.45, 7) is 1.53. The van der Waals surface area contributed by atoms with Crippen LogP contribution in [-0.4, -0.2) is 24.0 Å². The van der Waals surface area contributed by atoms with Crippen molar-refractivity contribution in [3.63, 3.8) is 0 Å². The van der Waals surface area contributed by atoms with E-state index >= 15 is 0 Å². The molecule has 0 fully saturated rings. The van der Waals surface area contributed by atoms with Crippen molar-refractivity contribution in [3.05, 3.63) is 56.6 Å². The minimum atomic E-state index is -0.889. The van der Waals surface area contributed by atoms with Gasteiger partial charge in [0, 0.05) is 17.8 Å². The Morgan fingerprint density at radius 2 is 1.80 bits per heavy atom. The van der Waals surface area contributed by atoms with Gasteiger partial charge in [-0.1, -0.05) is 23.2 Å². The molecule has 0 heterocycles. The zero-order chi connectivity index (χ0) is 18.6. The fourth-order valence-corrected chi connectivity index (χ4v) is 2.41. The highest BCUT2D eigenvalue weighted by molar-refractivity contribution is 6.32. The molecule has 9 heteroatoms. The van der Waals surface area contributed by atoms with Crippen LogP contribution in [0.25, 0.3) is 0 Å². The lowest BCUT2D eigenvalue weighted by atomic mass is 10.2. The van der Waals surface area contributed by atoms with Crippen LogP contribution in [0.4, 0.5) is 11.4 Å². The van der Waals surface area contributed by atoms with Crippen LogP contribution in [0.2, 0.25) is 10.0 Å². The molecule has 0 aliphatic rings. The minimum absolute atomic E-state index is 0.0429. The molecule has 0 radical (unpaired) electrons. The van der Waals surface area contributed by atoms with Gasteiger partial charge in [-0.05, 0) is 31.2 Å². The van der Waals surface area contributed by atoms with Crippen molar-refractivity contribution in [2.75, 3.05) is 12.4 Å². The summed E-state index contributed by atoms with van der Waals surface area (Å²) in [5.41, 5.74) is 0.309. The molecular formula is C16H14Cl2N2O5. The monoisotopic (exact) mass is 384 g/mol. The standard InChI is InChI=1S/C16H14Cl2N2O5/c1-9(25-15-6-4-11(20(22)23)8-13(15)18)16(21)19-10-3-5-14(24-2)12(17)7-10/h3-9H,1-2H3,(H,19,21)/t9-/m1/s1. The molecule has 7 nitrogen and oxygen atoms in total. The van der Waals surface area contributed by atoms with Gasteiger partial charge in [-0.2, -0.15) is 0 Å². The van der Waals surface area contributed by atoms with Gasteiger partial charge in [-0.25, -0.2) is 0 Å². The fourth-order valence-electron chi connectivity index (χ4n) is 1.93. The van der Waals surface area contributed by atoms with Crippen molar-refractivity contribution in [2.45, 2.75) is 13.0 Å². The number of nitrogens with zero attached hydrogens (tertiary/aromatic N) is 1. The molecule has 0 aliphatic carbocycles. The van der Waals surface area contributed by atoms with Crippen LogP contribution in [-0.2, 0) is 4.79 Å². The van der Waals surface area contributed by atoms with Crippen molar-refractivity contribution >= 4 is 40.5 Å². The van der Waals surface area contributed by atoms with Crippen LogP contribution in [0.3, 0.4) is 0 Å². The summed E-state index contributed by atoms with van der Waals surface area (Å²) >= 11 is 11.9. The number of rotatable bonds is 6. The number of benzene rings is 2. The van der Waals surface area contributed by atoms with E-state index in [0.29, 0.717) is 16.5 Å². The highest BCUT2D eigenvalue weighted by Gasteiger charge is 2.18. The number of nitro groups is 1. The molecule has 0 saturated heterocycles. The molecule has 132 valence electrons. The SMILES string of the molecule is COc1ccc(NC(=O)[C@@H](C)Oc2ccc([N+](=O)[O-])cc2Cl)cc1Cl. The quantitative estimate of drug-likeness (QED) is 0.591. The van der Waals surface area contributed by atoms with E-state index in [1.807, 2.05) is 0 Å². The first-order chi connectivity index (χ1) is 11.8. The van der Waals surface area contributed by atoms with Gasteiger partial charge in [0.05, 0.1) is 22.1 Å². The Balaban J connectivity index is 2.05. The third-order valence-electron chi connectivity index (χ3n) is 3.22. The number of hydrogen-bond acceptors (Lipinski definition) is 5. The van der Waals surface area contributed by atoms with Crippen LogP contribution in [0, 0.1) is 10.1 Å². The topological polar surface area (TPSA) is 90.7 Å². The van der Waals surface area contributed by atoms with E-state index in [9.17, 15) is 14.9 Å². The normalized spacial score (nSPS) is 11.5. The molecule has 0 aromatic heterocycles. The maximum Gasteiger partial charge on any atom is 0.271 e. The van der Waals surface area contributed by atoms with Gasteiger partial charge >= 0.3 is 0 Å². The molecule has 1 N–H and O–H groups in total. The lowest BCUT2D eigenvalue weighted by Gasteiger charge is -2.16. The molecule has 0 unspecified atom stereocenters. The minimum Gasteiger partial charge on any atom is -0.495 e. The van der Waals surface area contributed by atoms with Crippen molar-refractivity contribution in [1.82, 2.24) is 0 Å². The highest BCUT2D eigenvalue weighted by Crippen LogP contribution is 2.30. The average Bonchev–Trinajstić information content (AvgIpc) is 2.56. The summed E-state index contributed by atoms with van der Waals surface area (Å²) in [6.07, 6.45) is -0.889. The number of non-ortho nitro benzene ring substituents is 1. The number of carbonyl (C=O) groups is 1. The van der Waals surface area contributed by atoms with Crippen molar-refractivity contribution in [3.8, 4) is 11.5 Å². The van der Waals surface area contributed by atoms with Crippen LogP contribution >= 0.6 is 23.2 Å². The Morgan fingerprint density at radius 3 is 2.36 bits per heavy atom. The lowest BCUT2D eigenvalue weighted by Crippen LogP contribution is -2.30. The first-order valence-electron chi connectivity index (χ1n) is 7.07. The number of carbonyl (C=O) groups excluding carboxylic acids is 1. The lowest BCUT2D eigenvalue weighted by molar-refractivity contribution is -0.384. The van der Waals surface area contributed by atoms with Gasteiger partial charge in [0.15, 0.2) is 6.10 Å². The third kappa shape index (κ3) is 4.74.